The van der Waals surface area contributed by atoms with E-state index < -0.39 is 5.91 Å². The van der Waals surface area contributed by atoms with Gasteiger partial charge in [0.25, 0.3) is 5.91 Å². The SMILES string of the molecule is NC(=O)c1cc(-c2ccnc(Nc3cccc(F)c3)n2)ccc1O. The first-order valence-electron chi connectivity index (χ1n) is 7.02. The summed E-state index contributed by atoms with van der Waals surface area (Å²) in [5, 5.41) is 12.5. The maximum Gasteiger partial charge on any atom is 0.252 e. The molecule has 1 amide bonds. The number of rotatable bonds is 4. The van der Waals surface area contributed by atoms with E-state index in [-0.39, 0.29) is 23.1 Å². The summed E-state index contributed by atoms with van der Waals surface area (Å²) in [7, 11) is 0. The summed E-state index contributed by atoms with van der Waals surface area (Å²) in [6.07, 6.45) is 1.53. The van der Waals surface area contributed by atoms with E-state index >= 15 is 0 Å². The maximum atomic E-state index is 13.2. The molecule has 0 atom stereocenters. The molecule has 4 N–H and O–H groups in total. The minimum atomic E-state index is -0.735. The van der Waals surface area contributed by atoms with Gasteiger partial charge in [0, 0.05) is 17.4 Å². The second kappa shape index (κ2) is 6.33. The Bertz CT molecular complexity index is 915. The third-order valence-corrected chi connectivity index (χ3v) is 3.29. The highest BCUT2D eigenvalue weighted by Crippen LogP contribution is 2.25. The quantitative estimate of drug-likeness (QED) is 0.685. The van der Waals surface area contributed by atoms with Crippen LogP contribution in [-0.4, -0.2) is 21.0 Å². The van der Waals surface area contributed by atoms with Crippen LogP contribution in [0.5, 0.6) is 5.75 Å². The van der Waals surface area contributed by atoms with Gasteiger partial charge in [-0.3, -0.25) is 4.79 Å². The van der Waals surface area contributed by atoms with Gasteiger partial charge < -0.3 is 16.2 Å². The van der Waals surface area contributed by atoms with Gasteiger partial charge in [-0.15, -0.1) is 0 Å². The standard InChI is InChI=1S/C17H13FN4O2/c18-11-2-1-3-12(9-11)21-17-20-7-6-14(22-17)10-4-5-15(23)13(8-10)16(19)24/h1-9,23H,(H2,19,24)(H,20,21,22). The molecule has 1 aromatic heterocycles. The zero-order valence-corrected chi connectivity index (χ0v) is 12.4. The molecule has 1 heterocycles. The maximum absolute atomic E-state index is 13.2. The first kappa shape index (κ1) is 15.4. The summed E-state index contributed by atoms with van der Waals surface area (Å²) in [5.74, 6) is -1.03. The van der Waals surface area contributed by atoms with Gasteiger partial charge in [0.1, 0.15) is 11.6 Å². The van der Waals surface area contributed by atoms with Gasteiger partial charge in [0.15, 0.2) is 0 Å². The van der Waals surface area contributed by atoms with Crippen LogP contribution in [0.25, 0.3) is 11.3 Å². The van der Waals surface area contributed by atoms with Gasteiger partial charge >= 0.3 is 0 Å². The van der Waals surface area contributed by atoms with Crippen LogP contribution in [0.15, 0.2) is 54.7 Å². The Morgan fingerprint density at radius 2 is 2.00 bits per heavy atom. The van der Waals surface area contributed by atoms with Gasteiger partial charge in [-0.2, -0.15) is 0 Å². The van der Waals surface area contributed by atoms with Crippen molar-refractivity contribution in [1.82, 2.24) is 9.97 Å². The Morgan fingerprint density at radius 3 is 2.75 bits per heavy atom. The van der Waals surface area contributed by atoms with Crippen molar-refractivity contribution in [2.75, 3.05) is 5.32 Å². The van der Waals surface area contributed by atoms with Crippen LogP contribution in [-0.2, 0) is 0 Å². The van der Waals surface area contributed by atoms with Crippen molar-refractivity contribution >= 4 is 17.5 Å². The number of aromatic nitrogens is 2. The van der Waals surface area contributed by atoms with Crippen LogP contribution in [0.4, 0.5) is 16.0 Å². The molecule has 0 saturated carbocycles. The number of hydrogen-bond acceptors (Lipinski definition) is 5. The minimum absolute atomic E-state index is 0.00533. The smallest absolute Gasteiger partial charge is 0.252 e. The van der Waals surface area contributed by atoms with Crippen molar-refractivity contribution in [2.24, 2.45) is 5.73 Å². The van der Waals surface area contributed by atoms with E-state index in [1.807, 2.05) is 0 Å². The fourth-order valence-electron chi connectivity index (χ4n) is 2.17. The number of hydrogen-bond donors (Lipinski definition) is 3. The Hall–Kier alpha value is -3.48. The number of nitrogens with zero attached hydrogens (tertiary/aromatic N) is 2. The van der Waals surface area contributed by atoms with E-state index in [4.69, 9.17) is 5.73 Å². The van der Waals surface area contributed by atoms with Crippen molar-refractivity contribution < 1.29 is 14.3 Å². The third-order valence-electron chi connectivity index (χ3n) is 3.29. The molecule has 0 aliphatic heterocycles. The monoisotopic (exact) mass is 324 g/mol. The van der Waals surface area contributed by atoms with E-state index in [2.05, 4.69) is 15.3 Å². The summed E-state index contributed by atoms with van der Waals surface area (Å²) in [6, 6.07) is 12.0. The lowest BCUT2D eigenvalue weighted by atomic mass is 10.1. The average Bonchev–Trinajstić information content (AvgIpc) is 2.55. The lowest BCUT2D eigenvalue weighted by molar-refractivity contribution is 0.0998. The van der Waals surface area contributed by atoms with Crippen molar-refractivity contribution in [3.05, 3.63) is 66.1 Å². The molecule has 0 radical (unpaired) electrons. The molecule has 0 aliphatic carbocycles. The number of benzene rings is 2. The zero-order valence-electron chi connectivity index (χ0n) is 12.4. The molecule has 0 bridgehead atoms. The normalized spacial score (nSPS) is 10.4. The summed E-state index contributed by atoms with van der Waals surface area (Å²) in [5.41, 5.74) is 6.85. The first-order chi connectivity index (χ1) is 11.5. The van der Waals surface area contributed by atoms with Crippen LogP contribution in [0, 0.1) is 5.82 Å². The topological polar surface area (TPSA) is 101 Å². The van der Waals surface area contributed by atoms with Crippen LogP contribution in [0.1, 0.15) is 10.4 Å². The largest absolute Gasteiger partial charge is 0.507 e. The lowest BCUT2D eigenvalue weighted by Gasteiger charge is -2.08. The van der Waals surface area contributed by atoms with E-state index in [9.17, 15) is 14.3 Å². The van der Waals surface area contributed by atoms with Crippen LogP contribution >= 0.6 is 0 Å². The number of aromatic hydroxyl groups is 1. The van der Waals surface area contributed by atoms with Crippen molar-refractivity contribution in [2.45, 2.75) is 0 Å². The second-order valence-corrected chi connectivity index (χ2v) is 5.00. The molecule has 0 fully saturated rings. The average molecular weight is 324 g/mol. The number of nitrogens with two attached hydrogens (primary N) is 1. The summed E-state index contributed by atoms with van der Waals surface area (Å²) in [4.78, 5) is 19.7. The van der Waals surface area contributed by atoms with Gasteiger partial charge in [-0.05, 0) is 42.5 Å². The molecular weight excluding hydrogens is 311 g/mol. The highest BCUT2D eigenvalue weighted by Gasteiger charge is 2.11. The van der Waals surface area contributed by atoms with Crippen molar-refractivity contribution in [3.63, 3.8) is 0 Å². The first-order valence-corrected chi connectivity index (χ1v) is 7.02. The Balaban J connectivity index is 1.93. The highest BCUT2D eigenvalue weighted by molar-refractivity contribution is 5.96. The number of anilines is 2. The molecule has 0 unspecified atom stereocenters. The number of carbonyl (C=O) groups excluding carboxylic acids is 1. The van der Waals surface area contributed by atoms with E-state index in [0.717, 1.165) is 0 Å². The molecule has 7 heteroatoms. The highest BCUT2D eigenvalue weighted by atomic mass is 19.1. The predicted octanol–water partition coefficient (Wildman–Crippen LogP) is 2.83. The molecule has 0 aliphatic rings. The van der Waals surface area contributed by atoms with Crippen molar-refractivity contribution in [3.8, 4) is 17.0 Å². The van der Waals surface area contributed by atoms with Crippen LogP contribution in [0.3, 0.4) is 0 Å². The summed E-state index contributed by atoms with van der Waals surface area (Å²) in [6.45, 7) is 0. The summed E-state index contributed by atoms with van der Waals surface area (Å²) >= 11 is 0. The van der Waals surface area contributed by atoms with Crippen molar-refractivity contribution in [1.29, 1.82) is 0 Å². The summed E-state index contributed by atoms with van der Waals surface area (Å²) < 4.78 is 13.2. The van der Waals surface area contributed by atoms with Gasteiger partial charge in [-0.1, -0.05) is 6.07 Å². The fourth-order valence-corrected chi connectivity index (χ4v) is 2.17. The number of phenols is 1. The lowest BCUT2D eigenvalue weighted by Crippen LogP contribution is -2.11. The molecule has 3 rings (SSSR count). The Morgan fingerprint density at radius 1 is 1.17 bits per heavy atom. The number of halogens is 1. The number of primary amides is 1. The predicted molar refractivity (Wildman–Crippen MR) is 87.3 cm³/mol. The number of carbonyl (C=O) groups is 1. The van der Waals surface area contributed by atoms with E-state index in [0.29, 0.717) is 16.9 Å². The minimum Gasteiger partial charge on any atom is -0.507 e. The molecule has 120 valence electrons. The molecule has 2 aromatic carbocycles. The fraction of sp³-hybridized carbons (Fsp3) is 0. The van der Waals surface area contributed by atoms with E-state index in [1.165, 1.54) is 30.5 Å². The van der Waals surface area contributed by atoms with Gasteiger partial charge in [0.2, 0.25) is 5.95 Å². The van der Waals surface area contributed by atoms with Gasteiger partial charge in [-0.25, -0.2) is 14.4 Å². The third kappa shape index (κ3) is 3.30. The Kier molecular flexibility index (Phi) is 4.07. The Labute approximate surface area is 136 Å². The zero-order chi connectivity index (χ0) is 17.1. The van der Waals surface area contributed by atoms with E-state index in [1.54, 1.807) is 24.3 Å². The number of amides is 1. The molecule has 0 saturated heterocycles. The molecular formula is C17H13FN4O2. The van der Waals surface area contributed by atoms with Gasteiger partial charge in [0.05, 0.1) is 11.3 Å². The van der Waals surface area contributed by atoms with Crippen LogP contribution in [0.2, 0.25) is 0 Å². The number of nitrogens with one attached hydrogen (secondary N) is 1. The van der Waals surface area contributed by atoms with Crippen LogP contribution < -0.4 is 11.1 Å². The molecule has 3 aromatic rings. The molecule has 6 nitrogen and oxygen atoms in total. The second-order valence-electron chi connectivity index (χ2n) is 5.00. The molecule has 24 heavy (non-hydrogen) atoms. The molecule has 0 spiro atoms.